The van der Waals surface area contributed by atoms with Crippen LogP contribution >= 0.6 is 0 Å². The molecule has 1 fully saturated rings. The topological polar surface area (TPSA) is 61.2 Å². The number of amides is 1. The molecule has 1 N–H and O–H groups in total. The highest BCUT2D eigenvalue weighted by molar-refractivity contribution is 6.25. The second kappa shape index (κ2) is 6.35. The summed E-state index contributed by atoms with van der Waals surface area (Å²) in [5, 5.41) is 8.23. The molecular weight excluding hydrogens is 307 g/mol. The lowest BCUT2D eigenvalue weighted by Gasteiger charge is -2.36. The average Bonchev–Trinajstić information content (AvgIpc) is 2.59. The maximum absolute atomic E-state index is 13.0. The molecule has 2 unspecified atom stereocenters. The third kappa shape index (κ3) is 2.85. The van der Waals surface area contributed by atoms with Crippen LogP contribution < -0.4 is 0 Å². The molecule has 0 radical (unpaired) electrons. The predicted molar refractivity (Wildman–Crippen MR) is 88.3 cm³/mol. The third-order valence-corrected chi connectivity index (χ3v) is 4.41. The van der Waals surface area contributed by atoms with Gasteiger partial charge in [-0.15, -0.1) is 0 Å². The number of piperidine rings is 1. The Hall–Kier alpha value is -2.82. The molecule has 1 heterocycles. The van der Waals surface area contributed by atoms with E-state index in [2.05, 4.69) is 0 Å². The Morgan fingerprint density at radius 3 is 2.33 bits per heavy atom. The number of benzene rings is 2. The van der Waals surface area contributed by atoms with E-state index in [1.54, 1.807) is 7.05 Å². The molecule has 0 aliphatic carbocycles. The Bertz CT molecular complexity index is 787. The van der Waals surface area contributed by atoms with Crippen LogP contribution in [0.25, 0.3) is 0 Å². The third-order valence-electron chi connectivity index (χ3n) is 4.41. The van der Waals surface area contributed by atoms with Crippen LogP contribution in [0.1, 0.15) is 23.6 Å². The molecule has 3 rings (SSSR count). The predicted octanol–water partition coefficient (Wildman–Crippen LogP) is 2.98. The number of likely N-dealkylation sites (tertiary alicyclic amines) is 1. The van der Waals surface area contributed by atoms with Gasteiger partial charge in [0.15, 0.2) is 5.78 Å². The summed E-state index contributed by atoms with van der Waals surface area (Å²) in [6.07, 6.45) is 0.167. The van der Waals surface area contributed by atoms with Crippen LogP contribution in [0.2, 0.25) is 0 Å². The van der Waals surface area contributed by atoms with E-state index in [-0.39, 0.29) is 24.0 Å². The molecule has 2 atom stereocenters. The minimum absolute atomic E-state index is 0.0802. The second-order valence-corrected chi connectivity index (χ2v) is 5.90. The molecule has 0 bridgehead atoms. The maximum atomic E-state index is 13.0. The Balaban J connectivity index is 1.87. The summed E-state index contributed by atoms with van der Waals surface area (Å²) in [5.41, 5.74) is 1.20. The minimum atomic E-state index is -1.12. The minimum Gasteiger partial charge on any atom is -0.337 e. The molecule has 1 aliphatic heterocycles. The number of hydrogen-bond acceptors (Lipinski definition) is 3. The first-order valence-electron chi connectivity index (χ1n) is 7.67. The monoisotopic (exact) mass is 324 g/mol. The smallest absolute Gasteiger partial charge is 0.239 e. The van der Waals surface area contributed by atoms with Gasteiger partial charge in [0.25, 0.3) is 0 Å². The molecule has 1 amide bonds. The zero-order valence-electron chi connectivity index (χ0n) is 13.2. The van der Waals surface area contributed by atoms with Crippen molar-refractivity contribution in [3.63, 3.8) is 0 Å². The van der Waals surface area contributed by atoms with E-state index in [0.29, 0.717) is 5.56 Å². The van der Waals surface area contributed by atoms with Gasteiger partial charge in [-0.2, -0.15) is 0 Å². The molecule has 2 aromatic rings. The Kier molecular flexibility index (Phi) is 4.25. The lowest BCUT2D eigenvalue weighted by molar-refractivity contribution is -0.144. The van der Waals surface area contributed by atoms with Crippen molar-refractivity contribution in [1.29, 1.82) is 5.41 Å². The van der Waals surface area contributed by atoms with Crippen molar-refractivity contribution < 1.29 is 14.0 Å². The number of nitrogens with zero attached hydrogens (tertiary/aromatic N) is 1. The second-order valence-electron chi connectivity index (χ2n) is 5.90. The van der Waals surface area contributed by atoms with E-state index < -0.39 is 17.6 Å². The molecule has 1 saturated heterocycles. The van der Waals surface area contributed by atoms with E-state index >= 15 is 0 Å². The zero-order chi connectivity index (χ0) is 17.3. The van der Waals surface area contributed by atoms with E-state index in [1.165, 1.54) is 29.2 Å². The van der Waals surface area contributed by atoms with Crippen LogP contribution in [0.4, 0.5) is 4.39 Å². The van der Waals surface area contributed by atoms with Gasteiger partial charge in [-0.05, 0) is 23.3 Å². The number of halogens is 1. The van der Waals surface area contributed by atoms with Crippen LogP contribution in [-0.2, 0) is 9.59 Å². The highest BCUT2D eigenvalue weighted by Crippen LogP contribution is 2.32. The molecule has 4 nitrogen and oxygen atoms in total. The van der Waals surface area contributed by atoms with Crippen molar-refractivity contribution in [2.75, 3.05) is 7.05 Å². The molecule has 0 aromatic heterocycles. The molecule has 2 aromatic carbocycles. The lowest BCUT2D eigenvalue weighted by Crippen LogP contribution is -2.48. The quantitative estimate of drug-likeness (QED) is 0.697. The van der Waals surface area contributed by atoms with Gasteiger partial charge < -0.3 is 10.3 Å². The fraction of sp³-hybridized carbons (Fsp3) is 0.211. The average molecular weight is 324 g/mol. The number of nitrogens with one attached hydrogen (secondary N) is 1. The van der Waals surface area contributed by atoms with Gasteiger partial charge in [0.05, 0.1) is 11.8 Å². The van der Waals surface area contributed by atoms with Crippen molar-refractivity contribution in [2.24, 2.45) is 5.92 Å². The van der Waals surface area contributed by atoms with Crippen LogP contribution in [0.3, 0.4) is 0 Å². The number of rotatable bonds is 3. The van der Waals surface area contributed by atoms with Crippen molar-refractivity contribution in [3.05, 3.63) is 71.5 Å². The van der Waals surface area contributed by atoms with E-state index in [1.807, 2.05) is 30.3 Å². The first-order chi connectivity index (χ1) is 11.5. The van der Waals surface area contributed by atoms with Crippen LogP contribution in [0.15, 0.2) is 54.6 Å². The number of carbonyl (C=O) groups excluding carboxylic acids is 2. The van der Waals surface area contributed by atoms with Gasteiger partial charge in [0.2, 0.25) is 5.91 Å². The first kappa shape index (κ1) is 16.1. The molecule has 0 spiro atoms. The summed E-state index contributed by atoms with van der Waals surface area (Å²) in [5.74, 6) is -2.22. The van der Waals surface area contributed by atoms with Crippen molar-refractivity contribution in [2.45, 2.75) is 12.5 Å². The summed E-state index contributed by atoms with van der Waals surface area (Å²) < 4.78 is 13.0. The highest BCUT2D eigenvalue weighted by atomic mass is 19.1. The fourth-order valence-corrected chi connectivity index (χ4v) is 3.04. The Labute approximate surface area is 139 Å². The number of Topliss-reactive ketones (excluding diaryl/α,β-unsaturated/α-hetero) is 1. The first-order valence-corrected chi connectivity index (χ1v) is 7.67. The van der Waals surface area contributed by atoms with Gasteiger partial charge in [-0.25, -0.2) is 4.39 Å². The van der Waals surface area contributed by atoms with Crippen LogP contribution in [0, 0.1) is 17.1 Å². The molecule has 122 valence electrons. The highest BCUT2D eigenvalue weighted by Gasteiger charge is 2.42. The standard InChI is InChI=1S/C19H17FN2O2/c1-22-15(12-5-3-2-4-6-12)11-16(23)17(19(22)24)18(21)13-7-9-14(20)10-8-13/h2-10,15,17,21H,11H2,1H3. The zero-order valence-corrected chi connectivity index (χ0v) is 13.2. The van der Waals surface area contributed by atoms with Crippen molar-refractivity contribution >= 4 is 17.4 Å². The molecule has 24 heavy (non-hydrogen) atoms. The Morgan fingerprint density at radius 1 is 1.08 bits per heavy atom. The summed E-state index contributed by atoms with van der Waals surface area (Å²) in [6, 6.07) is 14.3. The molecule has 5 heteroatoms. The van der Waals surface area contributed by atoms with Crippen molar-refractivity contribution in [3.8, 4) is 0 Å². The number of carbonyl (C=O) groups is 2. The van der Waals surface area contributed by atoms with Crippen molar-refractivity contribution in [1.82, 2.24) is 4.90 Å². The molecule has 0 saturated carbocycles. The van der Waals surface area contributed by atoms with Gasteiger partial charge in [-0.3, -0.25) is 9.59 Å². The lowest BCUT2D eigenvalue weighted by atomic mass is 9.83. The van der Waals surface area contributed by atoms with E-state index in [9.17, 15) is 14.0 Å². The van der Waals surface area contributed by atoms with Crippen LogP contribution in [-0.4, -0.2) is 29.3 Å². The molecule has 1 aliphatic rings. The largest absolute Gasteiger partial charge is 0.337 e. The van der Waals surface area contributed by atoms with Gasteiger partial charge in [0, 0.05) is 13.5 Å². The van der Waals surface area contributed by atoms with Gasteiger partial charge in [0.1, 0.15) is 11.7 Å². The van der Waals surface area contributed by atoms with Gasteiger partial charge in [-0.1, -0.05) is 42.5 Å². The fourth-order valence-electron chi connectivity index (χ4n) is 3.04. The summed E-state index contributed by atoms with van der Waals surface area (Å²) in [7, 11) is 1.65. The van der Waals surface area contributed by atoms with Gasteiger partial charge >= 0.3 is 0 Å². The molecular formula is C19H17FN2O2. The number of hydrogen-bond donors (Lipinski definition) is 1. The SMILES string of the molecule is CN1C(=O)C(C(=N)c2ccc(F)cc2)C(=O)CC1c1ccccc1. The van der Waals surface area contributed by atoms with E-state index in [4.69, 9.17) is 5.41 Å². The summed E-state index contributed by atoms with van der Waals surface area (Å²) in [6.45, 7) is 0. The van der Waals surface area contributed by atoms with E-state index in [0.717, 1.165) is 5.56 Å². The summed E-state index contributed by atoms with van der Waals surface area (Å²) in [4.78, 5) is 26.8. The maximum Gasteiger partial charge on any atom is 0.239 e. The normalized spacial score (nSPS) is 21.0. The number of ketones is 1. The Morgan fingerprint density at radius 2 is 1.71 bits per heavy atom. The summed E-state index contributed by atoms with van der Waals surface area (Å²) >= 11 is 0. The van der Waals surface area contributed by atoms with Crippen LogP contribution in [0.5, 0.6) is 0 Å².